The molecule has 0 unspecified atom stereocenters. The molecule has 1 N–H and O–H groups in total. The van der Waals surface area contributed by atoms with Crippen molar-refractivity contribution in [2.75, 3.05) is 20.3 Å². The van der Waals surface area contributed by atoms with Gasteiger partial charge in [-0.3, -0.25) is 4.79 Å². The lowest BCUT2D eigenvalue weighted by molar-refractivity contribution is -0.144. The van der Waals surface area contributed by atoms with Crippen LogP contribution in [0.3, 0.4) is 0 Å². The number of nitrogens with zero attached hydrogens (tertiary/aromatic N) is 1. The van der Waals surface area contributed by atoms with E-state index in [1.54, 1.807) is 0 Å². The van der Waals surface area contributed by atoms with E-state index >= 15 is 0 Å². The van der Waals surface area contributed by atoms with Gasteiger partial charge in [0.05, 0.1) is 25.3 Å². The molecule has 0 amide bonds. The predicted octanol–water partition coefficient (Wildman–Crippen LogP) is 3.97. The molecule has 0 aliphatic carbocycles. The van der Waals surface area contributed by atoms with Crippen LogP contribution in [0, 0.1) is 12.8 Å². The topological polar surface area (TPSA) is 73.6 Å². The second-order valence-electron chi connectivity index (χ2n) is 7.90. The number of oxazole rings is 1. The fourth-order valence-electron chi connectivity index (χ4n) is 3.96. The summed E-state index contributed by atoms with van der Waals surface area (Å²) >= 11 is 0. The molecule has 1 saturated heterocycles. The van der Waals surface area contributed by atoms with E-state index in [1.165, 1.54) is 12.7 Å². The van der Waals surface area contributed by atoms with Crippen molar-refractivity contribution in [3.05, 3.63) is 71.6 Å². The van der Waals surface area contributed by atoms with Crippen LogP contribution < -0.4 is 10.1 Å². The second-order valence-corrected chi connectivity index (χ2v) is 7.90. The summed E-state index contributed by atoms with van der Waals surface area (Å²) in [5, 5.41) is 3.41. The number of carbonyl (C=O) groups is 1. The SMILES string of the molecule is COC(=O)[C@H]1CN[C@H](Cc2ccc(OCCc3nc(-c4ccccc4)oc3C)cc2)C1. The first-order valence-electron chi connectivity index (χ1n) is 10.7. The predicted molar refractivity (Wildman–Crippen MR) is 118 cm³/mol. The molecule has 162 valence electrons. The summed E-state index contributed by atoms with van der Waals surface area (Å²) in [7, 11) is 1.44. The van der Waals surface area contributed by atoms with E-state index in [4.69, 9.17) is 13.9 Å². The maximum absolute atomic E-state index is 11.7. The normalized spacial score (nSPS) is 18.1. The minimum absolute atomic E-state index is 0.0417. The van der Waals surface area contributed by atoms with Crippen LogP contribution in [-0.4, -0.2) is 37.3 Å². The summed E-state index contributed by atoms with van der Waals surface area (Å²) < 4.78 is 16.6. The highest BCUT2D eigenvalue weighted by atomic mass is 16.5. The third-order valence-corrected chi connectivity index (χ3v) is 5.68. The maximum atomic E-state index is 11.7. The maximum Gasteiger partial charge on any atom is 0.310 e. The third-order valence-electron chi connectivity index (χ3n) is 5.68. The van der Waals surface area contributed by atoms with Crippen LogP contribution in [0.25, 0.3) is 11.5 Å². The summed E-state index contributed by atoms with van der Waals surface area (Å²) in [6, 6.07) is 18.3. The minimum Gasteiger partial charge on any atom is -0.493 e. The zero-order chi connectivity index (χ0) is 21.6. The summed E-state index contributed by atoms with van der Waals surface area (Å²) in [6.07, 6.45) is 2.38. The summed E-state index contributed by atoms with van der Waals surface area (Å²) in [5.74, 6) is 2.14. The fraction of sp³-hybridized carbons (Fsp3) is 0.360. The molecule has 6 nitrogen and oxygen atoms in total. The second kappa shape index (κ2) is 9.79. The van der Waals surface area contributed by atoms with Gasteiger partial charge >= 0.3 is 5.97 Å². The van der Waals surface area contributed by atoms with E-state index < -0.39 is 0 Å². The minimum atomic E-state index is -0.128. The van der Waals surface area contributed by atoms with Crippen molar-refractivity contribution in [1.82, 2.24) is 10.3 Å². The monoisotopic (exact) mass is 420 g/mol. The Labute approximate surface area is 182 Å². The molecular weight excluding hydrogens is 392 g/mol. The molecular formula is C25H28N2O4. The van der Waals surface area contributed by atoms with Crippen LogP contribution in [0.15, 0.2) is 59.0 Å². The first-order valence-corrected chi connectivity index (χ1v) is 10.7. The highest BCUT2D eigenvalue weighted by molar-refractivity contribution is 5.73. The molecule has 2 heterocycles. The van der Waals surface area contributed by atoms with Gasteiger partial charge in [-0.05, 0) is 49.6 Å². The van der Waals surface area contributed by atoms with Crippen molar-refractivity contribution in [1.29, 1.82) is 0 Å². The molecule has 0 bridgehead atoms. The van der Waals surface area contributed by atoms with Crippen molar-refractivity contribution in [3.8, 4) is 17.2 Å². The molecule has 1 aliphatic rings. The third kappa shape index (κ3) is 5.33. The van der Waals surface area contributed by atoms with Crippen LogP contribution in [0.5, 0.6) is 5.75 Å². The molecule has 3 aromatic rings. The first-order chi connectivity index (χ1) is 15.1. The van der Waals surface area contributed by atoms with Gasteiger partial charge in [0, 0.05) is 24.6 Å². The first kappa shape index (κ1) is 21.1. The van der Waals surface area contributed by atoms with E-state index in [9.17, 15) is 4.79 Å². The lowest BCUT2D eigenvalue weighted by atomic mass is 10.00. The number of rotatable bonds is 8. The number of carbonyl (C=O) groups excluding carboxylic acids is 1. The highest BCUT2D eigenvalue weighted by Gasteiger charge is 2.30. The van der Waals surface area contributed by atoms with Gasteiger partial charge in [-0.25, -0.2) is 4.98 Å². The molecule has 4 rings (SSSR count). The number of ether oxygens (including phenoxy) is 2. The summed E-state index contributed by atoms with van der Waals surface area (Å²) in [5.41, 5.74) is 3.11. The molecule has 1 fully saturated rings. The van der Waals surface area contributed by atoms with Crippen LogP contribution in [-0.2, 0) is 22.4 Å². The van der Waals surface area contributed by atoms with Gasteiger partial charge < -0.3 is 19.2 Å². The molecule has 31 heavy (non-hydrogen) atoms. The van der Waals surface area contributed by atoms with Crippen LogP contribution >= 0.6 is 0 Å². The van der Waals surface area contributed by atoms with E-state index in [0.29, 0.717) is 31.5 Å². The Balaban J connectivity index is 1.26. The molecule has 1 aromatic heterocycles. The van der Waals surface area contributed by atoms with Crippen molar-refractivity contribution in [2.45, 2.75) is 32.2 Å². The Bertz CT molecular complexity index is 998. The molecule has 0 spiro atoms. The molecule has 2 atom stereocenters. The number of nitrogens with one attached hydrogen (secondary N) is 1. The summed E-state index contributed by atoms with van der Waals surface area (Å²) in [4.78, 5) is 16.3. The van der Waals surface area contributed by atoms with Crippen molar-refractivity contribution in [2.24, 2.45) is 5.92 Å². The van der Waals surface area contributed by atoms with E-state index in [1.807, 2.05) is 49.4 Å². The highest BCUT2D eigenvalue weighted by Crippen LogP contribution is 2.23. The number of aryl methyl sites for hydroxylation is 1. The Hall–Kier alpha value is -3.12. The Morgan fingerprint density at radius 3 is 2.68 bits per heavy atom. The van der Waals surface area contributed by atoms with E-state index in [0.717, 1.165) is 35.6 Å². The van der Waals surface area contributed by atoms with Gasteiger partial charge in [0.25, 0.3) is 0 Å². The Morgan fingerprint density at radius 1 is 1.16 bits per heavy atom. The van der Waals surface area contributed by atoms with Crippen molar-refractivity contribution in [3.63, 3.8) is 0 Å². The lowest BCUT2D eigenvalue weighted by Gasteiger charge is -2.11. The van der Waals surface area contributed by atoms with Crippen molar-refractivity contribution < 1.29 is 18.7 Å². The smallest absolute Gasteiger partial charge is 0.310 e. The molecule has 0 radical (unpaired) electrons. The Kier molecular flexibility index (Phi) is 6.67. The van der Waals surface area contributed by atoms with Gasteiger partial charge in [-0.1, -0.05) is 30.3 Å². The number of hydrogen-bond donors (Lipinski definition) is 1. The fourth-order valence-corrected chi connectivity index (χ4v) is 3.96. The largest absolute Gasteiger partial charge is 0.493 e. The average Bonchev–Trinajstić information content (AvgIpc) is 3.42. The molecule has 2 aromatic carbocycles. The van der Waals surface area contributed by atoms with Gasteiger partial charge in [-0.2, -0.15) is 0 Å². The quantitative estimate of drug-likeness (QED) is 0.556. The van der Waals surface area contributed by atoms with Crippen LogP contribution in [0.4, 0.5) is 0 Å². The van der Waals surface area contributed by atoms with E-state index in [2.05, 4.69) is 22.4 Å². The zero-order valence-electron chi connectivity index (χ0n) is 18.0. The average molecular weight is 421 g/mol. The number of methoxy groups -OCH3 is 1. The zero-order valence-corrected chi connectivity index (χ0v) is 18.0. The van der Waals surface area contributed by atoms with Gasteiger partial charge in [0.2, 0.25) is 5.89 Å². The van der Waals surface area contributed by atoms with Gasteiger partial charge in [0.15, 0.2) is 0 Å². The number of hydrogen-bond acceptors (Lipinski definition) is 6. The van der Waals surface area contributed by atoms with Crippen LogP contribution in [0.1, 0.15) is 23.4 Å². The number of aromatic nitrogens is 1. The van der Waals surface area contributed by atoms with Gasteiger partial charge in [0.1, 0.15) is 11.5 Å². The number of esters is 1. The van der Waals surface area contributed by atoms with Crippen LogP contribution in [0.2, 0.25) is 0 Å². The molecule has 1 aliphatic heterocycles. The Morgan fingerprint density at radius 2 is 1.94 bits per heavy atom. The van der Waals surface area contributed by atoms with E-state index in [-0.39, 0.29) is 11.9 Å². The standard InChI is InChI=1S/C25H28N2O4/c1-17-23(27-24(31-17)19-6-4-3-5-7-19)12-13-30-22-10-8-18(9-11-22)14-21-15-20(16-26-21)25(28)29-2/h3-11,20-21,26H,12-16H2,1-2H3/t20-,21-/m1/s1. The molecule has 0 saturated carbocycles. The lowest BCUT2D eigenvalue weighted by Crippen LogP contribution is -2.23. The molecule has 6 heteroatoms. The van der Waals surface area contributed by atoms with Crippen molar-refractivity contribution >= 4 is 5.97 Å². The van der Waals surface area contributed by atoms with Gasteiger partial charge in [-0.15, -0.1) is 0 Å². The summed E-state index contributed by atoms with van der Waals surface area (Å²) in [6.45, 7) is 3.16. The number of benzene rings is 2.